The minimum atomic E-state index is -0.897. The molecule has 0 heterocycles. The summed E-state index contributed by atoms with van der Waals surface area (Å²) < 4.78 is 0. The van der Waals surface area contributed by atoms with Crippen LogP contribution < -0.4 is 34.7 Å². The first-order valence-electron chi connectivity index (χ1n) is 13.6. The number of hydrogen-bond acceptors (Lipinski definition) is 3. The first kappa shape index (κ1) is 33.6. The van der Waals surface area contributed by atoms with E-state index in [4.69, 9.17) is 0 Å². The van der Waals surface area contributed by atoms with E-state index in [1.165, 1.54) is 116 Å². The molecule has 0 spiro atoms. The van der Waals surface area contributed by atoms with Crippen molar-refractivity contribution in [1.82, 2.24) is 4.90 Å². The van der Waals surface area contributed by atoms with Crippen LogP contribution in [0.4, 0.5) is 0 Å². The van der Waals surface area contributed by atoms with Gasteiger partial charge in [-0.15, -0.1) is 0 Å². The summed E-state index contributed by atoms with van der Waals surface area (Å²) in [5.41, 5.74) is 0. The maximum Gasteiger partial charge on any atom is 1.00 e. The van der Waals surface area contributed by atoms with Crippen LogP contribution in [0.15, 0.2) is 0 Å². The quantitative estimate of drug-likeness (QED) is 0.164. The van der Waals surface area contributed by atoms with Crippen molar-refractivity contribution in [3.05, 3.63) is 0 Å². The van der Waals surface area contributed by atoms with Gasteiger partial charge in [-0.05, 0) is 32.4 Å². The Morgan fingerprint density at radius 1 is 0.613 bits per heavy atom. The zero-order valence-corrected chi connectivity index (χ0v) is 23.9. The maximum absolute atomic E-state index is 11.2. The van der Waals surface area contributed by atoms with Crippen molar-refractivity contribution in [2.45, 2.75) is 155 Å². The molecular formula is C27H54NNaO2. The molecule has 0 saturated heterocycles. The monoisotopic (exact) mass is 447 g/mol. The van der Waals surface area contributed by atoms with E-state index < -0.39 is 5.97 Å². The molecule has 0 radical (unpaired) electrons. The number of nitrogens with zero attached hydrogens (tertiary/aromatic N) is 1. The van der Waals surface area contributed by atoms with E-state index in [9.17, 15) is 9.90 Å². The zero-order valence-electron chi connectivity index (χ0n) is 21.9. The van der Waals surface area contributed by atoms with Crippen LogP contribution in [0, 0.1) is 0 Å². The third-order valence-corrected chi connectivity index (χ3v) is 6.49. The molecule has 0 bridgehead atoms. The SMILES string of the molecule is CCCCCCCCCCCN(CCCCCCCCCCC)C(CC)CC(=O)[O-].[Na+]. The molecule has 3 nitrogen and oxygen atoms in total. The second kappa shape index (κ2) is 26.7. The molecule has 0 aliphatic carbocycles. The second-order valence-electron chi connectivity index (χ2n) is 9.33. The Labute approximate surface area is 217 Å². The molecule has 0 saturated carbocycles. The normalized spacial score (nSPS) is 12.1. The number of rotatable bonds is 24. The number of hydrogen-bond donors (Lipinski definition) is 0. The molecule has 0 N–H and O–H groups in total. The molecule has 31 heavy (non-hydrogen) atoms. The van der Waals surface area contributed by atoms with Crippen LogP contribution in [0.25, 0.3) is 0 Å². The first-order valence-corrected chi connectivity index (χ1v) is 13.6. The minimum absolute atomic E-state index is 0. The van der Waals surface area contributed by atoms with Crippen molar-refractivity contribution >= 4 is 5.97 Å². The van der Waals surface area contributed by atoms with Crippen LogP contribution in [0.3, 0.4) is 0 Å². The molecule has 0 rings (SSSR count). The predicted octanol–water partition coefficient (Wildman–Crippen LogP) is 4.27. The number of carbonyl (C=O) groups excluding carboxylic acids is 1. The smallest absolute Gasteiger partial charge is 0.550 e. The van der Waals surface area contributed by atoms with Crippen molar-refractivity contribution in [3.63, 3.8) is 0 Å². The molecule has 0 aromatic heterocycles. The second-order valence-corrected chi connectivity index (χ2v) is 9.33. The van der Waals surface area contributed by atoms with Crippen molar-refractivity contribution in [1.29, 1.82) is 0 Å². The van der Waals surface area contributed by atoms with E-state index in [0.29, 0.717) is 0 Å². The van der Waals surface area contributed by atoms with Crippen molar-refractivity contribution in [2.24, 2.45) is 0 Å². The van der Waals surface area contributed by atoms with Gasteiger partial charge in [-0.2, -0.15) is 0 Å². The Morgan fingerprint density at radius 2 is 0.935 bits per heavy atom. The Kier molecular flexibility index (Phi) is 28.9. The summed E-state index contributed by atoms with van der Waals surface area (Å²) in [7, 11) is 0. The standard InChI is InChI=1S/C27H55NO2.Na/c1-4-7-9-11-13-15-17-19-21-23-28(26(6-3)25-27(29)30)24-22-20-18-16-14-12-10-8-5-2;/h26H,4-25H2,1-3H3,(H,29,30);/q;+1/p-1. The van der Waals surface area contributed by atoms with Crippen LogP contribution in [0.2, 0.25) is 0 Å². The predicted molar refractivity (Wildman–Crippen MR) is 130 cm³/mol. The van der Waals surface area contributed by atoms with Gasteiger partial charge < -0.3 is 14.8 Å². The van der Waals surface area contributed by atoms with Crippen molar-refractivity contribution in [3.8, 4) is 0 Å². The van der Waals surface area contributed by atoms with E-state index in [1.807, 2.05) is 0 Å². The third kappa shape index (κ3) is 23.4. The van der Waals surface area contributed by atoms with E-state index in [2.05, 4.69) is 25.7 Å². The van der Waals surface area contributed by atoms with Crippen LogP contribution in [0.5, 0.6) is 0 Å². The summed E-state index contributed by atoms with van der Waals surface area (Å²) in [6.45, 7) is 8.76. The Balaban J connectivity index is 0. The van der Waals surface area contributed by atoms with Gasteiger partial charge in [0.1, 0.15) is 0 Å². The Bertz CT molecular complexity index is 343. The average Bonchev–Trinajstić information content (AvgIpc) is 2.73. The summed E-state index contributed by atoms with van der Waals surface area (Å²) in [4.78, 5) is 13.6. The number of carbonyl (C=O) groups is 1. The molecule has 0 aromatic carbocycles. The van der Waals surface area contributed by atoms with Gasteiger partial charge in [0.25, 0.3) is 0 Å². The fourth-order valence-corrected chi connectivity index (χ4v) is 4.45. The fraction of sp³-hybridized carbons (Fsp3) is 0.963. The molecule has 0 aliphatic heterocycles. The van der Waals surface area contributed by atoms with Gasteiger partial charge in [0.2, 0.25) is 0 Å². The molecule has 4 heteroatoms. The summed E-state index contributed by atoms with van der Waals surface area (Å²) in [5, 5.41) is 11.2. The Morgan fingerprint density at radius 3 is 1.23 bits per heavy atom. The maximum atomic E-state index is 11.2. The number of carboxylic acid groups (broad SMARTS) is 1. The van der Waals surface area contributed by atoms with Gasteiger partial charge in [0, 0.05) is 18.4 Å². The summed E-state index contributed by atoms with van der Waals surface area (Å²) >= 11 is 0. The van der Waals surface area contributed by atoms with Gasteiger partial charge in [0.05, 0.1) is 0 Å². The van der Waals surface area contributed by atoms with E-state index >= 15 is 0 Å². The van der Waals surface area contributed by atoms with Crippen LogP contribution in [0.1, 0.15) is 149 Å². The molecular weight excluding hydrogens is 393 g/mol. The van der Waals surface area contributed by atoms with Crippen LogP contribution in [-0.2, 0) is 4.79 Å². The fourth-order valence-electron chi connectivity index (χ4n) is 4.45. The molecule has 0 aliphatic rings. The Hall–Kier alpha value is 0.430. The number of unbranched alkanes of at least 4 members (excludes halogenated alkanes) is 16. The number of carboxylic acids is 1. The molecule has 0 amide bonds. The van der Waals surface area contributed by atoms with E-state index in [0.717, 1.165) is 19.5 Å². The topological polar surface area (TPSA) is 43.4 Å². The van der Waals surface area contributed by atoms with Crippen molar-refractivity contribution in [2.75, 3.05) is 13.1 Å². The summed E-state index contributed by atoms with van der Waals surface area (Å²) in [5.74, 6) is -0.897. The van der Waals surface area contributed by atoms with Gasteiger partial charge in [-0.25, -0.2) is 0 Å². The van der Waals surface area contributed by atoms with E-state index in [-0.39, 0.29) is 42.0 Å². The molecule has 0 fully saturated rings. The summed E-state index contributed by atoms with van der Waals surface area (Å²) in [6.07, 6.45) is 25.2. The molecule has 1 unspecified atom stereocenters. The summed E-state index contributed by atoms with van der Waals surface area (Å²) in [6, 6.07) is 0.151. The third-order valence-electron chi connectivity index (χ3n) is 6.49. The molecule has 1 atom stereocenters. The molecule has 0 aromatic rings. The van der Waals surface area contributed by atoms with Crippen LogP contribution in [-0.4, -0.2) is 30.0 Å². The first-order chi connectivity index (χ1) is 14.7. The van der Waals surface area contributed by atoms with Gasteiger partial charge in [0.15, 0.2) is 0 Å². The average molecular weight is 448 g/mol. The van der Waals surface area contributed by atoms with Gasteiger partial charge >= 0.3 is 29.6 Å². The molecule has 180 valence electrons. The van der Waals surface area contributed by atoms with Crippen LogP contribution >= 0.6 is 0 Å². The van der Waals surface area contributed by atoms with Crippen molar-refractivity contribution < 1.29 is 39.5 Å². The van der Waals surface area contributed by atoms with Gasteiger partial charge in [-0.3, -0.25) is 0 Å². The number of aliphatic carboxylic acids is 1. The van der Waals surface area contributed by atoms with Gasteiger partial charge in [-0.1, -0.05) is 124 Å². The zero-order chi connectivity index (χ0) is 22.3. The largest absolute Gasteiger partial charge is 1.00 e. The minimum Gasteiger partial charge on any atom is -0.550 e. The van der Waals surface area contributed by atoms with E-state index in [1.54, 1.807) is 0 Å².